The molecule has 0 aliphatic heterocycles. The second-order valence-electron chi connectivity index (χ2n) is 3.50. The second kappa shape index (κ2) is 5.26. The van der Waals surface area contributed by atoms with Crippen LogP contribution in [0.5, 0.6) is 5.75 Å². The topological polar surface area (TPSA) is 35.0 Å². The highest BCUT2D eigenvalue weighted by atomic mass is 16.5. The summed E-state index contributed by atoms with van der Waals surface area (Å²) in [5, 5.41) is 0. The van der Waals surface area contributed by atoms with Crippen molar-refractivity contribution in [3.63, 3.8) is 0 Å². The van der Waals surface area contributed by atoms with Gasteiger partial charge in [-0.15, -0.1) is 0 Å². The van der Waals surface area contributed by atoms with E-state index in [-0.39, 0.29) is 0 Å². The van der Waals surface area contributed by atoms with E-state index in [1.54, 1.807) is 12.4 Å². The van der Waals surface area contributed by atoms with Gasteiger partial charge < -0.3 is 4.74 Å². The molecule has 0 amide bonds. The van der Waals surface area contributed by atoms with Gasteiger partial charge in [0, 0.05) is 29.7 Å². The summed E-state index contributed by atoms with van der Waals surface area (Å²) >= 11 is 0. The minimum Gasteiger partial charge on any atom is -0.492 e. The number of nitrogens with zero attached hydrogens (tertiary/aromatic N) is 2. The van der Waals surface area contributed by atoms with Crippen molar-refractivity contribution >= 4 is 0 Å². The van der Waals surface area contributed by atoms with Gasteiger partial charge >= 0.3 is 0 Å². The number of rotatable bonds is 4. The molecule has 82 valence electrons. The minimum absolute atomic E-state index is 0.720. The molecule has 3 nitrogen and oxygen atoms in total. The van der Waals surface area contributed by atoms with E-state index in [9.17, 15) is 0 Å². The maximum absolute atomic E-state index is 5.53. The average Bonchev–Trinajstić information content (AvgIpc) is 2.38. The number of hydrogen-bond acceptors (Lipinski definition) is 3. The summed E-state index contributed by atoms with van der Waals surface area (Å²) in [4.78, 5) is 8.25. The van der Waals surface area contributed by atoms with Crippen molar-refractivity contribution < 1.29 is 4.74 Å². The standard InChI is InChI=1S/C13H14N2O/c1-2-6-16-13-7-12(9-15-10-13)11-4-3-5-14-8-11/h3-5,7-10H,2,6H2,1H3. The predicted molar refractivity (Wildman–Crippen MR) is 63.3 cm³/mol. The van der Waals surface area contributed by atoms with E-state index < -0.39 is 0 Å². The molecular formula is C13H14N2O. The van der Waals surface area contributed by atoms with E-state index >= 15 is 0 Å². The summed E-state index contributed by atoms with van der Waals surface area (Å²) < 4.78 is 5.53. The van der Waals surface area contributed by atoms with Crippen molar-refractivity contribution in [2.45, 2.75) is 13.3 Å². The van der Waals surface area contributed by atoms with Crippen LogP contribution in [0.2, 0.25) is 0 Å². The number of pyridine rings is 2. The molecule has 3 heteroatoms. The molecule has 0 bridgehead atoms. The van der Waals surface area contributed by atoms with E-state index in [0.717, 1.165) is 29.9 Å². The quantitative estimate of drug-likeness (QED) is 0.784. The SMILES string of the molecule is CCCOc1cncc(-c2cccnc2)c1. The molecule has 0 unspecified atom stereocenters. The number of ether oxygens (including phenoxy) is 1. The molecule has 2 heterocycles. The van der Waals surface area contributed by atoms with Gasteiger partial charge in [-0.1, -0.05) is 13.0 Å². The Hall–Kier alpha value is -1.90. The summed E-state index contributed by atoms with van der Waals surface area (Å²) in [5.74, 6) is 0.809. The first-order valence-electron chi connectivity index (χ1n) is 5.38. The zero-order valence-electron chi connectivity index (χ0n) is 9.26. The maximum atomic E-state index is 5.53. The van der Waals surface area contributed by atoms with Gasteiger partial charge in [-0.3, -0.25) is 9.97 Å². The molecule has 0 saturated heterocycles. The van der Waals surface area contributed by atoms with Crippen LogP contribution in [0, 0.1) is 0 Å². The Labute approximate surface area is 95.1 Å². The Morgan fingerprint density at radius 1 is 1.12 bits per heavy atom. The lowest BCUT2D eigenvalue weighted by Gasteiger charge is -2.06. The van der Waals surface area contributed by atoms with E-state index in [1.807, 2.05) is 30.6 Å². The third-order valence-electron chi connectivity index (χ3n) is 2.18. The van der Waals surface area contributed by atoms with Gasteiger partial charge in [-0.05, 0) is 18.6 Å². The third kappa shape index (κ3) is 2.57. The van der Waals surface area contributed by atoms with Crippen LogP contribution in [-0.4, -0.2) is 16.6 Å². The lowest BCUT2D eigenvalue weighted by atomic mass is 10.1. The molecule has 2 aromatic rings. The zero-order valence-corrected chi connectivity index (χ0v) is 9.26. The third-order valence-corrected chi connectivity index (χ3v) is 2.18. The fourth-order valence-corrected chi connectivity index (χ4v) is 1.41. The van der Waals surface area contributed by atoms with Crippen molar-refractivity contribution in [1.82, 2.24) is 9.97 Å². The van der Waals surface area contributed by atoms with E-state index in [4.69, 9.17) is 4.74 Å². The van der Waals surface area contributed by atoms with Crippen molar-refractivity contribution in [3.05, 3.63) is 43.0 Å². The molecule has 0 atom stereocenters. The molecule has 0 spiro atoms. The van der Waals surface area contributed by atoms with Crippen LogP contribution in [0.3, 0.4) is 0 Å². The fraction of sp³-hybridized carbons (Fsp3) is 0.231. The average molecular weight is 214 g/mol. The molecule has 2 aromatic heterocycles. The molecule has 2 rings (SSSR count). The molecule has 0 aliphatic rings. The van der Waals surface area contributed by atoms with Gasteiger partial charge in [0.2, 0.25) is 0 Å². The van der Waals surface area contributed by atoms with Gasteiger partial charge in [-0.2, -0.15) is 0 Å². The second-order valence-corrected chi connectivity index (χ2v) is 3.50. The van der Waals surface area contributed by atoms with E-state index in [1.165, 1.54) is 0 Å². The van der Waals surface area contributed by atoms with Crippen LogP contribution in [0.4, 0.5) is 0 Å². The summed E-state index contributed by atoms with van der Waals surface area (Å²) in [7, 11) is 0. The Bertz CT molecular complexity index is 443. The van der Waals surface area contributed by atoms with Crippen LogP contribution in [-0.2, 0) is 0 Å². The van der Waals surface area contributed by atoms with Crippen LogP contribution in [0.15, 0.2) is 43.0 Å². The van der Waals surface area contributed by atoms with Crippen molar-refractivity contribution in [3.8, 4) is 16.9 Å². The highest BCUT2D eigenvalue weighted by molar-refractivity contribution is 5.62. The lowest BCUT2D eigenvalue weighted by molar-refractivity contribution is 0.316. The first kappa shape index (κ1) is 10.6. The lowest BCUT2D eigenvalue weighted by Crippen LogP contribution is -1.95. The molecule has 0 aliphatic carbocycles. The molecule has 16 heavy (non-hydrogen) atoms. The highest BCUT2D eigenvalue weighted by Crippen LogP contribution is 2.21. The first-order valence-corrected chi connectivity index (χ1v) is 5.38. The monoisotopic (exact) mass is 214 g/mol. The molecule has 0 aromatic carbocycles. The maximum Gasteiger partial charge on any atom is 0.138 e. The molecule has 0 N–H and O–H groups in total. The van der Waals surface area contributed by atoms with E-state index in [2.05, 4.69) is 16.9 Å². The Balaban J connectivity index is 2.22. The van der Waals surface area contributed by atoms with Crippen molar-refractivity contribution in [2.24, 2.45) is 0 Å². The fourth-order valence-electron chi connectivity index (χ4n) is 1.41. The van der Waals surface area contributed by atoms with Crippen molar-refractivity contribution in [1.29, 1.82) is 0 Å². The Morgan fingerprint density at radius 3 is 2.75 bits per heavy atom. The van der Waals surface area contributed by atoms with E-state index in [0.29, 0.717) is 0 Å². The molecule has 0 fully saturated rings. The van der Waals surface area contributed by atoms with Gasteiger partial charge in [-0.25, -0.2) is 0 Å². The largest absolute Gasteiger partial charge is 0.492 e. The summed E-state index contributed by atoms with van der Waals surface area (Å²) in [6, 6.07) is 5.90. The Kier molecular flexibility index (Phi) is 3.49. The molecule has 0 saturated carbocycles. The predicted octanol–water partition coefficient (Wildman–Crippen LogP) is 2.93. The van der Waals surface area contributed by atoms with Gasteiger partial charge in [0.1, 0.15) is 5.75 Å². The van der Waals surface area contributed by atoms with Gasteiger partial charge in [0.15, 0.2) is 0 Å². The minimum atomic E-state index is 0.720. The molecule has 0 radical (unpaired) electrons. The van der Waals surface area contributed by atoms with Gasteiger partial charge in [0.05, 0.1) is 12.8 Å². The zero-order chi connectivity index (χ0) is 11.2. The summed E-state index contributed by atoms with van der Waals surface area (Å²) in [5.41, 5.74) is 2.08. The number of aromatic nitrogens is 2. The summed E-state index contributed by atoms with van der Waals surface area (Å²) in [6.45, 7) is 2.80. The molecular weight excluding hydrogens is 200 g/mol. The van der Waals surface area contributed by atoms with Crippen LogP contribution in [0.25, 0.3) is 11.1 Å². The first-order chi connectivity index (χ1) is 7.90. The normalized spacial score (nSPS) is 10.1. The number of hydrogen-bond donors (Lipinski definition) is 0. The van der Waals surface area contributed by atoms with Gasteiger partial charge in [0.25, 0.3) is 0 Å². The smallest absolute Gasteiger partial charge is 0.138 e. The summed E-state index contributed by atoms with van der Waals surface area (Å²) in [6.07, 6.45) is 8.12. The van der Waals surface area contributed by atoms with Crippen LogP contribution >= 0.6 is 0 Å². The van der Waals surface area contributed by atoms with Crippen LogP contribution < -0.4 is 4.74 Å². The van der Waals surface area contributed by atoms with Crippen molar-refractivity contribution in [2.75, 3.05) is 6.61 Å². The van der Waals surface area contributed by atoms with Crippen LogP contribution in [0.1, 0.15) is 13.3 Å². The highest BCUT2D eigenvalue weighted by Gasteiger charge is 2.00. The Morgan fingerprint density at radius 2 is 2.00 bits per heavy atom.